The molecule has 2 heterocycles. The highest BCUT2D eigenvalue weighted by Gasteiger charge is 2.16. The fourth-order valence-corrected chi connectivity index (χ4v) is 4.69. The van der Waals surface area contributed by atoms with Crippen LogP contribution in [-0.2, 0) is 0 Å². The Labute approximate surface area is 243 Å². The third-order valence-electron chi connectivity index (χ3n) is 7.21. The van der Waals surface area contributed by atoms with E-state index in [1.54, 1.807) is 24.5 Å². The van der Waals surface area contributed by atoms with Gasteiger partial charge in [0.05, 0.1) is 11.3 Å². The topological polar surface area (TPSA) is 92.3 Å². The maximum absolute atomic E-state index is 13.2. The molecule has 0 unspecified atom stereocenters. The van der Waals surface area contributed by atoms with Crippen LogP contribution in [0.25, 0.3) is 11.3 Å². The molecule has 4 rings (SSSR count). The van der Waals surface area contributed by atoms with Gasteiger partial charge in [-0.15, -0.1) is 0 Å². The maximum atomic E-state index is 13.2. The first-order chi connectivity index (χ1) is 19.8. The monoisotopic (exact) mass is 552 g/mol. The van der Waals surface area contributed by atoms with Crippen LogP contribution >= 0.6 is 0 Å². The number of ether oxygens (including phenoxy) is 1. The highest BCUT2D eigenvalue weighted by Crippen LogP contribution is 2.33. The highest BCUT2D eigenvalue weighted by atomic mass is 16.5. The van der Waals surface area contributed by atoms with E-state index in [0.29, 0.717) is 34.8 Å². The standard InChI is InChI=1S/C33H40N6O2/c1-7-39(8-2)20-19-36-33-35-18-16-29(38-33)27-12-10-17-34-32(27)41-30-21-25(15-14-23(30)5)31(40)37-28-13-9-11-26(22(3)4)24(28)6/h9-18,21-22H,7-8,19-20H2,1-6H3,(H,37,40)(H,35,36,38). The SMILES string of the molecule is CCN(CC)CCNc1nccc(-c2cccnc2Oc2cc(C(=O)Nc3cccc(C(C)C)c3C)ccc2C)n1. The fourth-order valence-electron chi connectivity index (χ4n) is 4.69. The number of anilines is 2. The van der Waals surface area contributed by atoms with E-state index in [-0.39, 0.29) is 5.91 Å². The number of aryl methyl sites for hydroxylation is 1. The first kappa shape index (κ1) is 29.7. The molecule has 0 aliphatic heterocycles. The van der Waals surface area contributed by atoms with Crippen LogP contribution in [-0.4, -0.2) is 51.9 Å². The number of amides is 1. The van der Waals surface area contributed by atoms with E-state index in [4.69, 9.17) is 9.72 Å². The Morgan fingerprint density at radius 2 is 1.78 bits per heavy atom. The van der Waals surface area contributed by atoms with Crippen molar-refractivity contribution in [3.8, 4) is 22.9 Å². The summed E-state index contributed by atoms with van der Waals surface area (Å²) in [5.41, 5.74) is 5.91. The van der Waals surface area contributed by atoms with Gasteiger partial charge in [0, 0.05) is 36.7 Å². The molecule has 0 saturated heterocycles. The fraction of sp³-hybridized carbons (Fsp3) is 0.333. The van der Waals surface area contributed by atoms with Crippen molar-refractivity contribution in [2.24, 2.45) is 0 Å². The third kappa shape index (κ3) is 7.46. The van der Waals surface area contributed by atoms with Gasteiger partial charge in [0.25, 0.3) is 5.91 Å². The predicted octanol–water partition coefficient (Wildman–Crippen LogP) is 7.08. The van der Waals surface area contributed by atoms with Crippen LogP contribution in [0.2, 0.25) is 0 Å². The van der Waals surface area contributed by atoms with E-state index in [9.17, 15) is 4.79 Å². The summed E-state index contributed by atoms with van der Waals surface area (Å²) in [6.45, 7) is 16.2. The number of nitrogens with zero attached hydrogens (tertiary/aromatic N) is 4. The number of benzene rings is 2. The largest absolute Gasteiger partial charge is 0.438 e. The molecule has 0 aliphatic carbocycles. The molecule has 0 fully saturated rings. The van der Waals surface area contributed by atoms with Crippen molar-refractivity contribution in [3.63, 3.8) is 0 Å². The number of rotatable bonds is 12. The zero-order chi connectivity index (χ0) is 29.4. The van der Waals surface area contributed by atoms with Gasteiger partial charge in [0.2, 0.25) is 11.8 Å². The average molecular weight is 553 g/mol. The van der Waals surface area contributed by atoms with E-state index in [0.717, 1.165) is 48.6 Å². The summed E-state index contributed by atoms with van der Waals surface area (Å²) in [4.78, 5) is 29.2. The number of aromatic nitrogens is 3. The summed E-state index contributed by atoms with van der Waals surface area (Å²) in [5, 5.41) is 6.39. The van der Waals surface area contributed by atoms with Crippen LogP contribution in [0, 0.1) is 13.8 Å². The van der Waals surface area contributed by atoms with Crippen molar-refractivity contribution in [1.82, 2.24) is 19.9 Å². The summed E-state index contributed by atoms with van der Waals surface area (Å²) in [5.74, 6) is 1.68. The molecular weight excluding hydrogens is 512 g/mol. The average Bonchev–Trinajstić information content (AvgIpc) is 2.98. The molecule has 0 saturated carbocycles. The number of carbonyl (C=O) groups is 1. The second-order valence-electron chi connectivity index (χ2n) is 10.3. The summed E-state index contributed by atoms with van der Waals surface area (Å²) in [6.07, 6.45) is 3.41. The molecule has 0 aliphatic rings. The number of pyridine rings is 1. The molecule has 0 radical (unpaired) electrons. The van der Waals surface area contributed by atoms with Gasteiger partial charge in [-0.1, -0.05) is 45.9 Å². The first-order valence-electron chi connectivity index (χ1n) is 14.2. The zero-order valence-electron chi connectivity index (χ0n) is 24.9. The molecule has 0 spiro atoms. The summed E-state index contributed by atoms with van der Waals surface area (Å²) >= 11 is 0. The van der Waals surface area contributed by atoms with Crippen molar-refractivity contribution >= 4 is 17.5 Å². The van der Waals surface area contributed by atoms with Crippen LogP contribution in [0.5, 0.6) is 11.6 Å². The van der Waals surface area contributed by atoms with Gasteiger partial charge in [-0.25, -0.2) is 15.0 Å². The lowest BCUT2D eigenvalue weighted by Crippen LogP contribution is -2.28. The molecule has 0 bridgehead atoms. The highest BCUT2D eigenvalue weighted by molar-refractivity contribution is 6.05. The molecule has 2 N–H and O–H groups in total. The molecule has 0 atom stereocenters. The van der Waals surface area contributed by atoms with Crippen molar-refractivity contribution < 1.29 is 9.53 Å². The third-order valence-corrected chi connectivity index (χ3v) is 7.21. The normalized spacial score (nSPS) is 11.1. The summed E-state index contributed by atoms with van der Waals surface area (Å²) in [6, 6.07) is 17.0. The second kappa shape index (κ2) is 13.9. The van der Waals surface area contributed by atoms with Crippen LogP contribution in [0.15, 0.2) is 67.0 Å². The van der Waals surface area contributed by atoms with Crippen molar-refractivity contribution in [2.75, 3.05) is 36.8 Å². The quantitative estimate of drug-likeness (QED) is 0.194. The van der Waals surface area contributed by atoms with Gasteiger partial charge in [-0.3, -0.25) is 4.79 Å². The Balaban J connectivity index is 1.54. The van der Waals surface area contributed by atoms with Crippen molar-refractivity contribution in [3.05, 3.63) is 89.2 Å². The van der Waals surface area contributed by atoms with E-state index >= 15 is 0 Å². The Kier molecular flexibility index (Phi) is 10.0. The lowest BCUT2D eigenvalue weighted by Gasteiger charge is -2.18. The molecule has 41 heavy (non-hydrogen) atoms. The minimum Gasteiger partial charge on any atom is -0.438 e. The molecule has 2 aromatic carbocycles. The minimum atomic E-state index is -0.198. The van der Waals surface area contributed by atoms with Gasteiger partial charge >= 0.3 is 0 Å². The second-order valence-corrected chi connectivity index (χ2v) is 10.3. The van der Waals surface area contributed by atoms with Gasteiger partial charge in [0.1, 0.15) is 5.75 Å². The lowest BCUT2D eigenvalue weighted by atomic mass is 9.97. The van der Waals surface area contributed by atoms with E-state index < -0.39 is 0 Å². The first-order valence-corrected chi connectivity index (χ1v) is 14.2. The number of hydrogen-bond donors (Lipinski definition) is 2. The van der Waals surface area contributed by atoms with E-state index in [1.807, 2.05) is 50.2 Å². The Hall–Kier alpha value is -4.30. The molecular formula is C33H40N6O2. The number of carbonyl (C=O) groups excluding carboxylic acids is 1. The Morgan fingerprint density at radius 3 is 2.54 bits per heavy atom. The van der Waals surface area contributed by atoms with Gasteiger partial charge in [0.15, 0.2) is 0 Å². The van der Waals surface area contributed by atoms with Crippen molar-refractivity contribution in [1.29, 1.82) is 0 Å². The number of likely N-dealkylation sites (N-methyl/N-ethyl adjacent to an activating group) is 1. The van der Waals surface area contributed by atoms with E-state index in [2.05, 4.69) is 59.3 Å². The molecule has 2 aromatic heterocycles. The smallest absolute Gasteiger partial charge is 0.255 e. The summed E-state index contributed by atoms with van der Waals surface area (Å²) in [7, 11) is 0. The van der Waals surface area contributed by atoms with Crippen LogP contribution in [0.1, 0.15) is 60.7 Å². The molecule has 8 nitrogen and oxygen atoms in total. The molecule has 1 amide bonds. The van der Waals surface area contributed by atoms with Crippen LogP contribution in [0.3, 0.4) is 0 Å². The minimum absolute atomic E-state index is 0.198. The van der Waals surface area contributed by atoms with Crippen LogP contribution in [0.4, 0.5) is 11.6 Å². The van der Waals surface area contributed by atoms with Crippen molar-refractivity contribution in [2.45, 2.75) is 47.5 Å². The Morgan fingerprint density at radius 1 is 0.976 bits per heavy atom. The summed E-state index contributed by atoms with van der Waals surface area (Å²) < 4.78 is 6.31. The maximum Gasteiger partial charge on any atom is 0.255 e. The van der Waals surface area contributed by atoms with E-state index in [1.165, 1.54) is 5.56 Å². The number of nitrogens with one attached hydrogen (secondary N) is 2. The number of hydrogen-bond acceptors (Lipinski definition) is 7. The molecule has 8 heteroatoms. The zero-order valence-corrected chi connectivity index (χ0v) is 24.9. The predicted molar refractivity (Wildman–Crippen MR) is 166 cm³/mol. The van der Waals surface area contributed by atoms with Gasteiger partial charge < -0.3 is 20.3 Å². The Bertz CT molecular complexity index is 1480. The van der Waals surface area contributed by atoms with Crippen LogP contribution < -0.4 is 15.4 Å². The lowest BCUT2D eigenvalue weighted by molar-refractivity contribution is 0.102. The van der Waals surface area contributed by atoms with Gasteiger partial charge in [-0.05, 0) is 85.9 Å². The molecule has 4 aromatic rings. The molecule has 214 valence electrons. The van der Waals surface area contributed by atoms with Gasteiger partial charge in [-0.2, -0.15) is 0 Å².